The van der Waals surface area contributed by atoms with E-state index in [4.69, 9.17) is 5.11 Å². The van der Waals surface area contributed by atoms with Gasteiger partial charge < -0.3 is 10.1 Å². The maximum absolute atomic E-state index is 13.3. The minimum absolute atomic E-state index is 0.231. The fourth-order valence-corrected chi connectivity index (χ4v) is 1.71. The molecule has 0 amide bonds. The Hall–Kier alpha value is -2.17. The van der Waals surface area contributed by atoms with Crippen molar-refractivity contribution >= 4 is 0 Å². The molecule has 0 aliphatic rings. The molecule has 2 N–H and O–H groups in total. The molecule has 4 nitrogen and oxygen atoms in total. The normalized spacial score (nSPS) is 10.6. The van der Waals surface area contributed by atoms with Gasteiger partial charge in [-0.25, -0.2) is 9.37 Å². The summed E-state index contributed by atoms with van der Waals surface area (Å²) in [6, 6.07) is 3.88. The Kier molecular flexibility index (Phi) is 3.14. The van der Waals surface area contributed by atoms with Crippen molar-refractivity contribution in [3.63, 3.8) is 0 Å². The van der Waals surface area contributed by atoms with E-state index in [9.17, 15) is 9.18 Å². The zero-order valence-corrected chi connectivity index (χ0v) is 10.1. The summed E-state index contributed by atoms with van der Waals surface area (Å²) < 4.78 is 13.3. The first-order valence-corrected chi connectivity index (χ1v) is 5.61. The van der Waals surface area contributed by atoms with Crippen LogP contribution in [0.2, 0.25) is 0 Å². The molecule has 18 heavy (non-hydrogen) atoms. The number of nitrogens with zero attached hydrogens (tertiary/aromatic N) is 1. The molecule has 5 heteroatoms. The quantitative estimate of drug-likeness (QED) is 0.855. The lowest BCUT2D eigenvalue weighted by atomic mass is 10.1. The monoisotopic (exact) mass is 248 g/mol. The lowest BCUT2D eigenvalue weighted by Crippen LogP contribution is -2.15. The maximum Gasteiger partial charge on any atom is 0.254 e. The molecule has 0 radical (unpaired) electrons. The standard InChI is InChI=1S/C13H13FN2O2/c1-3-10-7(2)13(18)16-12(15-10)8-4-5-11(17)9(14)6-8/h4-6,17H,3H2,1-2H3,(H,15,16,18). The molecule has 2 aromatic rings. The topological polar surface area (TPSA) is 66.0 Å². The zero-order valence-electron chi connectivity index (χ0n) is 10.1. The molecule has 0 fully saturated rings. The van der Waals surface area contributed by atoms with Crippen LogP contribution in [0.5, 0.6) is 5.75 Å². The van der Waals surface area contributed by atoms with Crippen LogP contribution in [0, 0.1) is 12.7 Å². The minimum atomic E-state index is -0.742. The summed E-state index contributed by atoms with van der Waals surface area (Å²) in [5, 5.41) is 9.12. The van der Waals surface area contributed by atoms with Crippen LogP contribution in [0.25, 0.3) is 11.4 Å². The Labute approximate surface area is 103 Å². The highest BCUT2D eigenvalue weighted by Crippen LogP contribution is 2.22. The van der Waals surface area contributed by atoms with Crippen molar-refractivity contribution in [2.24, 2.45) is 0 Å². The summed E-state index contributed by atoms with van der Waals surface area (Å²) in [6.45, 7) is 3.60. The molecule has 0 spiro atoms. The third-order valence-corrected chi connectivity index (χ3v) is 2.81. The fourth-order valence-electron chi connectivity index (χ4n) is 1.71. The van der Waals surface area contributed by atoms with Gasteiger partial charge in [-0.3, -0.25) is 4.79 Å². The van der Waals surface area contributed by atoms with E-state index in [1.165, 1.54) is 12.1 Å². The van der Waals surface area contributed by atoms with Gasteiger partial charge in [-0.1, -0.05) is 6.92 Å². The summed E-state index contributed by atoms with van der Waals surface area (Å²) >= 11 is 0. The Morgan fingerprint density at radius 1 is 1.44 bits per heavy atom. The first-order valence-electron chi connectivity index (χ1n) is 5.61. The molecule has 1 heterocycles. The number of H-pyrrole nitrogens is 1. The number of aryl methyl sites for hydroxylation is 1. The van der Waals surface area contributed by atoms with Crippen molar-refractivity contribution < 1.29 is 9.50 Å². The van der Waals surface area contributed by atoms with Gasteiger partial charge in [0.05, 0.1) is 5.69 Å². The minimum Gasteiger partial charge on any atom is -0.505 e. The van der Waals surface area contributed by atoms with Crippen LogP contribution in [-0.4, -0.2) is 15.1 Å². The highest BCUT2D eigenvalue weighted by molar-refractivity contribution is 5.56. The van der Waals surface area contributed by atoms with Gasteiger partial charge in [0, 0.05) is 11.1 Å². The number of benzene rings is 1. The molecule has 0 unspecified atom stereocenters. The Bertz CT molecular complexity index is 650. The van der Waals surface area contributed by atoms with Crippen molar-refractivity contribution in [2.75, 3.05) is 0 Å². The molecular weight excluding hydrogens is 235 g/mol. The molecule has 1 aromatic heterocycles. The number of phenols is 1. The largest absolute Gasteiger partial charge is 0.505 e. The number of halogens is 1. The lowest BCUT2D eigenvalue weighted by Gasteiger charge is -2.06. The Balaban J connectivity index is 2.60. The van der Waals surface area contributed by atoms with Gasteiger partial charge in [0.15, 0.2) is 11.6 Å². The molecule has 2 rings (SSSR count). The van der Waals surface area contributed by atoms with E-state index in [0.29, 0.717) is 29.1 Å². The van der Waals surface area contributed by atoms with E-state index >= 15 is 0 Å². The van der Waals surface area contributed by atoms with Crippen molar-refractivity contribution in [3.05, 3.63) is 45.6 Å². The number of aromatic amines is 1. The first-order chi connectivity index (χ1) is 8.52. The number of hydrogen-bond donors (Lipinski definition) is 2. The first kappa shape index (κ1) is 12.3. The summed E-state index contributed by atoms with van der Waals surface area (Å²) in [4.78, 5) is 18.6. The average Bonchev–Trinajstić information content (AvgIpc) is 2.36. The lowest BCUT2D eigenvalue weighted by molar-refractivity contribution is 0.432. The Morgan fingerprint density at radius 3 is 2.78 bits per heavy atom. The number of nitrogens with one attached hydrogen (secondary N) is 1. The van der Waals surface area contributed by atoms with Crippen LogP contribution in [0.4, 0.5) is 4.39 Å². The van der Waals surface area contributed by atoms with E-state index in [1.54, 1.807) is 6.92 Å². The number of aromatic nitrogens is 2. The van der Waals surface area contributed by atoms with Crippen LogP contribution in [0.1, 0.15) is 18.2 Å². The fraction of sp³-hybridized carbons (Fsp3) is 0.231. The van der Waals surface area contributed by atoms with Gasteiger partial charge in [-0.05, 0) is 31.5 Å². The predicted molar refractivity (Wildman–Crippen MR) is 66.0 cm³/mol. The second kappa shape index (κ2) is 4.60. The Morgan fingerprint density at radius 2 is 2.17 bits per heavy atom. The van der Waals surface area contributed by atoms with Gasteiger partial charge in [0.2, 0.25) is 0 Å². The molecule has 1 aromatic carbocycles. The molecule has 0 aliphatic carbocycles. The van der Waals surface area contributed by atoms with E-state index in [2.05, 4.69) is 9.97 Å². The summed E-state index contributed by atoms with van der Waals surface area (Å²) in [7, 11) is 0. The number of rotatable bonds is 2. The van der Waals surface area contributed by atoms with Gasteiger partial charge >= 0.3 is 0 Å². The maximum atomic E-state index is 13.3. The molecule has 0 saturated heterocycles. The third kappa shape index (κ3) is 2.11. The molecule has 0 aliphatic heterocycles. The van der Waals surface area contributed by atoms with Crippen molar-refractivity contribution in [1.82, 2.24) is 9.97 Å². The zero-order chi connectivity index (χ0) is 13.3. The summed E-state index contributed by atoms with van der Waals surface area (Å²) in [5.41, 5.74) is 1.45. The van der Waals surface area contributed by atoms with Crippen LogP contribution in [0.15, 0.2) is 23.0 Å². The van der Waals surface area contributed by atoms with Crippen molar-refractivity contribution in [2.45, 2.75) is 20.3 Å². The second-order valence-corrected chi connectivity index (χ2v) is 4.01. The third-order valence-electron chi connectivity index (χ3n) is 2.81. The van der Waals surface area contributed by atoms with Crippen LogP contribution in [-0.2, 0) is 6.42 Å². The number of aromatic hydroxyl groups is 1. The SMILES string of the molecule is CCc1nc(-c2ccc(O)c(F)c2)[nH]c(=O)c1C. The van der Waals surface area contributed by atoms with Crippen LogP contribution >= 0.6 is 0 Å². The van der Waals surface area contributed by atoms with Gasteiger partial charge in [-0.2, -0.15) is 0 Å². The van der Waals surface area contributed by atoms with E-state index in [1.807, 2.05) is 6.92 Å². The molecular formula is C13H13FN2O2. The average molecular weight is 248 g/mol. The van der Waals surface area contributed by atoms with Crippen molar-refractivity contribution in [1.29, 1.82) is 0 Å². The highest BCUT2D eigenvalue weighted by Gasteiger charge is 2.09. The molecule has 0 bridgehead atoms. The summed E-state index contributed by atoms with van der Waals surface area (Å²) in [6.07, 6.45) is 0.628. The predicted octanol–water partition coefficient (Wildman–Crippen LogP) is 2.15. The van der Waals surface area contributed by atoms with Crippen LogP contribution in [0.3, 0.4) is 0 Å². The van der Waals surface area contributed by atoms with E-state index < -0.39 is 11.6 Å². The number of hydrogen-bond acceptors (Lipinski definition) is 3. The van der Waals surface area contributed by atoms with E-state index in [0.717, 1.165) is 6.07 Å². The second-order valence-electron chi connectivity index (χ2n) is 4.01. The highest BCUT2D eigenvalue weighted by atomic mass is 19.1. The van der Waals surface area contributed by atoms with Gasteiger partial charge in [0.25, 0.3) is 5.56 Å². The van der Waals surface area contributed by atoms with Crippen molar-refractivity contribution in [3.8, 4) is 17.1 Å². The van der Waals surface area contributed by atoms with Crippen LogP contribution < -0.4 is 5.56 Å². The molecule has 0 atom stereocenters. The van der Waals surface area contributed by atoms with Gasteiger partial charge in [-0.15, -0.1) is 0 Å². The summed E-state index contributed by atoms with van der Waals surface area (Å²) in [5.74, 6) is -0.862. The molecule has 0 saturated carbocycles. The smallest absolute Gasteiger partial charge is 0.254 e. The van der Waals surface area contributed by atoms with Gasteiger partial charge in [0.1, 0.15) is 5.82 Å². The number of phenolic OH excluding ortho intramolecular Hbond substituents is 1. The van der Waals surface area contributed by atoms with E-state index in [-0.39, 0.29) is 5.56 Å². The molecule has 94 valence electrons.